The normalized spacial score (nSPS) is 11.7. The number of nitrogens with zero attached hydrogens (tertiary/aromatic N) is 2. The Labute approximate surface area is 138 Å². The predicted molar refractivity (Wildman–Crippen MR) is 88.2 cm³/mol. The molecule has 1 aromatic heterocycles. The summed E-state index contributed by atoms with van der Waals surface area (Å²) >= 11 is 0. The zero-order chi connectivity index (χ0) is 17.3. The first-order valence-corrected chi connectivity index (χ1v) is 8.70. The summed E-state index contributed by atoms with van der Waals surface area (Å²) in [5.41, 5.74) is 1.53. The van der Waals surface area contributed by atoms with E-state index in [1.54, 1.807) is 4.57 Å². The van der Waals surface area contributed by atoms with Crippen molar-refractivity contribution in [3.05, 3.63) is 59.9 Å². The highest BCUT2D eigenvalue weighted by Crippen LogP contribution is 2.24. The number of fused-ring (bicyclic) bond motifs is 1. The fourth-order valence-electron chi connectivity index (χ4n) is 2.57. The summed E-state index contributed by atoms with van der Waals surface area (Å²) in [7, 11) is -4.08. The van der Waals surface area contributed by atoms with Crippen LogP contribution < -0.4 is 5.14 Å². The van der Waals surface area contributed by atoms with Gasteiger partial charge in [0.05, 0.1) is 22.9 Å². The fourth-order valence-corrected chi connectivity index (χ4v) is 3.36. The topological polar surface area (TPSA) is 115 Å². The smallest absolute Gasteiger partial charge is 0.335 e. The number of carboxylic acids is 1. The van der Waals surface area contributed by atoms with Gasteiger partial charge in [0.25, 0.3) is 0 Å². The third kappa shape index (κ3) is 3.15. The van der Waals surface area contributed by atoms with Gasteiger partial charge in [0.15, 0.2) is 0 Å². The van der Waals surface area contributed by atoms with Gasteiger partial charge in [0.1, 0.15) is 4.90 Å². The predicted octanol–water partition coefficient (Wildman–Crippen LogP) is 1.62. The van der Waals surface area contributed by atoms with Crippen molar-refractivity contribution >= 4 is 27.0 Å². The Bertz CT molecular complexity index is 1010. The second-order valence-corrected chi connectivity index (χ2v) is 6.90. The summed E-state index contributed by atoms with van der Waals surface area (Å²) in [5.74, 6) is -1.24. The van der Waals surface area contributed by atoms with Gasteiger partial charge in [0, 0.05) is 6.54 Å². The molecule has 0 fully saturated rings. The van der Waals surface area contributed by atoms with Crippen LogP contribution in [0.2, 0.25) is 0 Å². The number of primary sulfonamides is 1. The highest BCUT2D eigenvalue weighted by Gasteiger charge is 2.20. The Morgan fingerprint density at radius 2 is 1.92 bits per heavy atom. The van der Waals surface area contributed by atoms with E-state index in [2.05, 4.69) is 4.98 Å². The van der Waals surface area contributed by atoms with Crippen LogP contribution in [0.5, 0.6) is 0 Å². The lowest BCUT2D eigenvalue weighted by atomic mass is 10.1. The number of sulfonamides is 1. The van der Waals surface area contributed by atoms with Crippen molar-refractivity contribution in [2.75, 3.05) is 0 Å². The number of rotatable bonds is 5. The standard InChI is InChI=1S/C16H15N3O4S/c17-24(22,23)14-9-12(16(20)21)8-13-15(14)19(10-18-13)7-6-11-4-2-1-3-5-11/h1-5,8-10H,6-7H2,(H,20,21)(H2,17,22,23). The van der Waals surface area contributed by atoms with E-state index in [-0.39, 0.29) is 16.0 Å². The zero-order valence-electron chi connectivity index (χ0n) is 12.6. The molecule has 124 valence electrons. The molecule has 0 saturated carbocycles. The fraction of sp³-hybridized carbons (Fsp3) is 0.125. The lowest BCUT2D eigenvalue weighted by Gasteiger charge is -2.09. The Hall–Kier alpha value is -2.71. The number of carboxylic acid groups (broad SMARTS) is 1. The Morgan fingerprint density at radius 3 is 2.54 bits per heavy atom. The van der Waals surface area contributed by atoms with Crippen LogP contribution in [0.4, 0.5) is 0 Å². The Kier molecular flexibility index (Phi) is 4.08. The van der Waals surface area contributed by atoms with Gasteiger partial charge >= 0.3 is 5.97 Å². The van der Waals surface area contributed by atoms with Crippen LogP contribution in [-0.2, 0) is 23.0 Å². The number of aryl methyl sites for hydroxylation is 2. The SMILES string of the molecule is NS(=O)(=O)c1cc(C(=O)O)cc2ncn(CCc3ccccc3)c12. The first-order valence-electron chi connectivity index (χ1n) is 7.15. The van der Waals surface area contributed by atoms with Crippen molar-refractivity contribution in [2.24, 2.45) is 5.14 Å². The van der Waals surface area contributed by atoms with Gasteiger partial charge in [0.2, 0.25) is 10.0 Å². The largest absolute Gasteiger partial charge is 0.478 e. The first kappa shape index (κ1) is 16.2. The molecule has 0 spiro atoms. The maximum Gasteiger partial charge on any atom is 0.335 e. The number of nitrogens with two attached hydrogens (primary N) is 1. The molecule has 0 aliphatic carbocycles. The van der Waals surface area contributed by atoms with Gasteiger partial charge in [-0.25, -0.2) is 23.3 Å². The van der Waals surface area contributed by atoms with E-state index in [4.69, 9.17) is 10.2 Å². The molecule has 0 bridgehead atoms. The molecule has 1 heterocycles. The van der Waals surface area contributed by atoms with Crippen molar-refractivity contribution in [1.82, 2.24) is 9.55 Å². The van der Waals surface area contributed by atoms with Gasteiger partial charge in [-0.1, -0.05) is 30.3 Å². The second-order valence-electron chi connectivity index (χ2n) is 5.37. The molecule has 0 amide bonds. The van der Waals surface area contributed by atoms with Crippen molar-refractivity contribution in [3.8, 4) is 0 Å². The molecule has 7 nitrogen and oxygen atoms in total. The highest BCUT2D eigenvalue weighted by molar-refractivity contribution is 7.89. The average molecular weight is 345 g/mol. The minimum absolute atomic E-state index is 0.167. The van der Waals surface area contributed by atoms with Crippen LogP contribution in [-0.4, -0.2) is 29.0 Å². The number of carbonyl (C=O) groups is 1. The number of hydrogen-bond acceptors (Lipinski definition) is 4. The average Bonchev–Trinajstić information content (AvgIpc) is 2.95. The summed E-state index contributed by atoms with van der Waals surface area (Å²) in [6.07, 6.45) is 2.17. The minimum atomic E-state index is -4.08. The third-order valence-corrected chi connectivity index (χ3v) is 4.64. The van der Waals surface area contributed by atoms with Crippen LogP contribution in [0.3, 0.4) is 0 Å². The second kappa shape index (κ2) is 6.06. The van der Waals surface area contributed by atoms with E-state index >= 15 is 0 Å². The quantitative estimate of drug-likeness (QED) is 0.729. The molecule has 0 aliphatic rings. The molecule has 3 aromatic rings. The van der Waals surface area contributed by atoms with Gasteiger partial charge in [-0.05, 0) is 24.1 Å². The lowest BCUT2D eigenvalue weighted by Crippen LogP contribution is -2.15. The third-order valence-electron chi connectivity index (χ3n) is 3.72. The molecule has 8 heteroatoms. The lowest BCUT2D eigenvalue weighted by molar-refractivity contribution is 0.0697. The Balaban J connectivity index is 2.08. The molecule has 2 aromatic carbocycles. The van der Waals surface area contributed by atoms with E-state index in [9.17, 15) is 13.2 Å². The van der Waals surface area contributed by atoms with Crippen LogP contribution in [0.25, 0.3) is 11.0 Å². The number of benzene rings is 2. The van der Waals surface area contributed by atoms with E-state index in [0.717, 1.165) is 11.6 Å². The minimum Gasteiger partial charge on any atom is -0.478 e. The molecule has 0 saturated heterocycles. The zero-order valence-corrected chi connectivity index (χ0v) is 13.4. The number of aromatic carboxylic acids is 1. The maximum atomic E-state index is 11.9. The maximum absolute atomic E-state index is 11.9. The van der Waals surface area contributed by atoms with E-state index in [1.807, 2.05) is 30.3 Å². The molecule has 24 heavy (non-hydrogen) atoms. The monoisotopic (exact) mass is 345 g/mol. The molecular weight excluding hydrogens is 330 g/mol. The highest BCUT2D eigenvalue weighted by atomic mass is 32.2. The molecule has 0 radical (unpaired) electrons. The van der Waals surface area contributed by atoms with Crippen molar-refractivity contribution < 1.29 is 18.3 Å². The summed E-state index contributed by atoms with van der Waals surface area (Å²) in [4.78, 5) is 15.1. The van der Waals surface area contributed by atoms with Crippen LogP contribution in [0.1, 0.15) is 15.9 Å². The van der Waals surface area contributed by atoms with Crippen LogP contribution in [0, 0.1) is 0 Å². The van der Waals surface area contributed by atoms with Gasteiger partial charge < -0.3 is 9.67 Å². The van der Waals surface area contributed by atoms with E-state index in [0.29, 0.717) is 18.5 Å². The molecule has 3 rings (SSSR count). The van der Waals surface area contributed by atoms with Crippen molar-refractivity contribution in [2.45, 2.75) is 17.9 Å². The van der Waals surface area contributed by atoms with Crippen molar-refractivity contribution in [1.29, 1.82) is 0 Å². The summed E-state index contributed by atoms with van der Waals surface area (Å²) < 4.78 is 25.5. The first-order chi connectivity index (χ1) is 11.4. The molecule has 3 N–H and O–H groups in total. The molecule has 0 atom stereocenters. The number of imidazole rings is 1. The number of aromatic nitrogens is 2. The molecular formula is C16H15N3O4S. The molecule has 0 unspecified atom stereocenters. The number of hydrogen-bond donors (Lipinski definition) is 2. The van der Waals surface area contributed by atoms with Gasteiger partial charge in [-0.3, -0.25) is 0 Å². The summed E-state index contributed by atoms with van der Waals surface area (Å²) in [6, 6.07) is 12.1. The van der Waals surface area contributed by atoms with Crippen LogP contribution in [0.15, 0.2) is 53.7 Å². The van der Waals surface area contributed by atoms with Gasteiger partial charge in [-0.15, -0.1) is 0 Å². The summed E-state index contributed by atoms with van der Waals surface area (Å²) in [5, 5.41) is 14.4. The van der Waals surface area contributed by atoms with Gasteiger partial charge in [-0.2, -0.15) is 0 Å². The van der Waals surface area contributed by atoms with Crippen molar-refractivity contribution in [3.63, 3.8) is 0 Å². The van der Waals surface area contributed by atoms with Crippen LogP contribution >= 0.6 is 0 Å². The van der Waals surface area contributed by atoms with E-state index < -0.39 is 16.0 Å². The van der Waals surface area contributed by atoms with E-state index in [1.165, 1.54) is 12.4 Å². The summed E-state index contributed by atoms with van der Waals surface area (Å²) in [6.45, 7) is 0.495. The Morgan fingerprint density at radius 1 is 1.21 bits per heavy atom. The molecule has 0 aliphatic heterocycles.